The number of hydrogen-bond donors (Lipinski definition) is 0. The summed E-state index contributed by atoms with van der Waals surface area (Å²) in [5.41, 5.74) is 0.868. The highest BCUT2D eigenvalue weighted by Gasteiger charge is 2.38. The van der Waals surface area contributed by atoms with Crippen LogP contribution in [0.1, 0.15) is 42.5 Å². The smallest absolute Gasteiger partial charge is 0.229 e. The molecule has 0 radical (unpaired) electrons. The number of aromatic nitrogens is 2. The Balaban J connectivity index is 1.31. The minimum Gasteiger partial charge on any atom is -0.497 e. The van der Waals surface area contributed by atoms with Crippen LogP contribution in [-0.2, 0) is 27.7 Å². The summed E-state index contributed by atoms with van der Waals surface area (Å²) >= 11 is 0. The van der Waals surface area contributed by atoms with E-state index in [1.54, 1.807) is 12.0 Å². The van der Waals surface area contributed by atoms with Crippen LogP contribution in [0.25, 0.3) is 0 Å². The number of benzene rings is 1. The van der Waals surface area contributed by atoms with E-state index in [0.29, 0.717) is 42.9 Å². The van der Waals surface area contributed by atoms with Gasteiger partial charge >= 0.3 is 0 Å². The van der Waals surface area contributed by atoms with E-state index in [-0.39, 0.29) is 24.9 Å². The predicted octanol–water partition coefficient (Wildman–Crippen LogP) is 1.60. The van der Waals surface area contributed by atoms with Crippen LogP contribution in [0.3, 0.4) is 0 Å². The molecular weight excluding hydrogens is 420 g/mol. The second-order valence-corrected chi connectivity index (χ2v) is 10.2. The lowest BCUT2D eigenvalue weighted by atomic mass is 9.85. The first kappa shape index (κ1) is 21.8. The van der Waals surface area contributed by atoms with Crippen molar-refractivity contribution in [1.82, 2.24) is 19.3 Å². The molecule has 0 N–H and O–H groups in total. The molecule has 168 valence electrons. The Morgan fingerprint density at radius 3 is 2.74 bits per heavy atom. The Bertz CT molecular complexity index is 1030. The number of ether oxygens (including phenoxy) is 1. The third-order valence-electron chi connectivity index (χ3n) is 6.03. The molecule has 2 heterocycles. The standard InChI is InChI=1S/C21H28N4O5S/c1-29-18-8-3-5-15(11-18)12-20(26)24-13-17(14-24)25(31(2,27)28)10-9-19-22-21(30-23-19)16-6-4-7-16/h3,5,8,11,16-17H,4,6-7,9-10,12-14H2,1-2H3. The molecule has 1 aromatic heterocycles. The Morgan fingerprint density at radius 1 is 1.32 bits per heavy atom. The molecule has 0 atom stereocenters. The van der Waals surface area contributed by atoms with Gasteiger partial charge in [-0.1, -0.05) is 23.7 Å². The van der Waals surface area contributed by atoms with Crippen molar-refractivity contribution < 1.29 is 22.5 Å². The van der Waals surface area contributed by atoms with Crippen molar-refractivity contribution in [2.75, 3.05) is 33.0 Å². The number of carbonyl (C=O) groups excluding carboxylic acids is 1. The SMILES string of the molecule is COc1cccc(CC(=O)N2CC(N(CCc3noc(C4CCC4)n3)S(C)(=O)=O)C2)c1. The molecule has 4 rings (SSSR count). The monoisotopic (exact) mass is 448 g/mol. The minimum atomic E-state index is -3.42. The lowest BCUT2D eigenvalue weighted by molar-refractivity contribution is -0.136. The van der Waals surface area contributed by atoms with Gasteiger partial charge < -0.3 is 14.2 Å². The summed E-state index contributed by atoms with van der Waals surface area (Å²) < 4.78 is 36.6. The largest absolute Gasteiger partial charge is 0.497 e. The molecule has 2 aliphatic rings. The molecule has 10 heteroatoms. The van der Waals surface area contributed by atoms with Gasteiger partial charge in [0.1, 0.15) is 5.75 Å². The van der Waals surface area contributed by atoms with Gasteiger partial charge in [-0.2, -0.15) is 9.29 Å². The van der Waals surface area contributed by atoms with E-state index in [1.807, 2.05) is 24.3 Å². The van der Waals surface area contributed by atoms with Crippen molar-refractivity contribution in [1.29, 1.82) is 0 Å². The van der Waals surface area contributed by atoms with Gasteiger partial charge in [-0.3, -0.25) is 4.79 Å². The van der Waals surface area contributed by atoms with Crippen LogP contribution in [0.2, 0.25) is 0 Å². The fraction of sp³-hybridized carbons (Fsp3) is 0.571. The number of likely N-dealkylation sites (tertiary alicyclic amines) is 1. The fourth-order valence-electron chi connectivity index (χ4n) is 3.93. The summed E-state index contributed by atoms with van der Waals surface area (Å²) in [5.74, 6) is 2.22. The van der Waals surface area contributed by atoms with Gasteiger partial charge in [-0.05, 0) is 30.5 Å². The van der Waals surface area contributed by atoms with Crippen LogP contribution in [0.15, 0.2) is 28.8 Å². The molecule has 1 aromatic carbocycles. The maximum absolute atomic E-state index is 12.6. The Hall–Kier alpha value is -2.46. The van der Waals surface area contributed by atoms with Crippen molar-refractivity contribution in [3.8, 4) is 5.75 Å². The zero-order chi connectivity index (χ0) is 22.0. The topological polar surface area (TPSA) is 106 Å². The molecule has 9 nitrogen and oxygen atoms in total. The second-order valence-electron chi connectivity index (χ2n) is 8.28. The van der Waals surface area contributed by atoms with Crippen LogP contribution in [0.5, 0.6) is 5.75 Å². The van der Waals surface area contributed by atoms with E-state index in [9.17, 15) is 13.2 Å². The molecule has 1 amide bonds. The second kappa shape index (κ2) is 8.96. The van der Waals surface area contributed by atoms with Crippen molar-refractivity contribution in [2.45, 2.75) is 44.1 Å². The molecule has 31 heavy (non-hydrogen) atoms. The quantitative estimate of drug-likeness (QED) is 0.574. The third-order valence-corrected chi connectivity index (χ3v) is 7.36. The van der Waals surface area contributed by atoms with Gasteiger partial charge in [0.2, 0.25) is 21.8 Å². The van der Waals surface area contributed by atoms with E-state index in [0.717, 1.165) is 18.4 Å². The number of carbonyl (C=O) groups is 1. The van der Waals surface area contributed by atoms with E-state index in [2.05, 4.69) is 10.1 Å². The zero-order valence-corrected chi connectivity index (χ0v) is 18.7. The van der Waals surface area contributed by atoms with Gasteiger partial charge in [0.25, 0.3) is 0 Å². The first-order chi connectivity index (χ1) is 14.8. The average Bonchev–Trinajstić information content (AvgIpc) is 3.09. The molecule has 1 aliphatic carbocycles. The maximum Gasteiger partial charge on any atom is 0.229 e. The van der Waals surface area contributed by atoms with Crippen molar-refractivity contribution in [2.24, 2.45) is 0 Å². The Kier molecular flexibility index (Phi) is 6.29. The van der Waals surface area contributed by atoms with E-state index in [4.69, 9.17) is 9.26 Å². The van der Waals surface area contributed by atoms with Gasteiger partial charge in [0.15, 0.2) is 5.82 Å². The van der Waals surface area contributed by atoms with Crippen molar-refractivity contribution in [3.05, 3.63) is 41.5 Å². The summed E-state index contributed by atoms with van der Waals surface area (Å²) in [6, 6.07) is 7.16. The van der Waals surface area contributed by atoms with Gasteiger partial charge in [0, 0.05) is 32.0 Å². The van der Waals surface area contributed by atoms with Crippen molar-refractivity contribution >= 4 is 15.9 Å². The zero-order valence-electron chi connectivity index (χ0n) is 17.9. The summed E-state index contributed by atoms with van der Waals surface area (Å²) in [5, 5.41) is 4.00. The number of sulfonamides is 1. The van der Waals surface area contributed by atoms with E-state index < -0.39 is 10.0 Å². The normalized spacial score (nSPS) is 17.5. The minimum absolute atomic E-state index is 0.0266. The number of rotatable bonds is 9. The molecule has 2 fully saturated rings. The molecule has 1 saturated carbocycles. The molecule has 0 spiro atoms. The van der Waals surface area contributed by atoms with Crippen LogP contribution < -0.4 is 4.74 Å². The highest BCUT2D eigenvalue weighted by molar-refractivity contribution is 7.88. The molecule has 1 aliphatic heterocycles. The van der Waals surface area contributed by atoms with Crippen LogP contribution in [0, 0.1) is 0 Å². The van der Waals surface area contributed by atoms with Gasteiger partial charge in [-0.15, -0.1) is 0 Å². The number of amides is 1. The Morgan fingerprint density at radius 2 is 2.10 bits per heavy atom. The highest BCUT2D eigenvalue weighted by atomic mass is 32.2. The lowest BCUT2D eigenvalue weighted by Crippen LogP contribution is -2.62. The molecular formula is C21H28N4O5S. The van der Waals surface area contributed by atoms with E-state index in [1.165, 1.54) is 17.0 Å². The summed E-state index contributed by atoms with van der Waals surface area (Å²) in [7, 11) is -1.84. The van der Waals surface area contributed by atoms with Crippen LogP contribution in [-0.4, -0.2) is 72.7 Å². The summed E-state index contributed by atoms with van der Waals surface area (Å²) in [4.78, 5) is 18.7. The van der Waals surface area contributed by atoms with Crippen LogP contribution in [0.4, 0.5) is 0 Å². The summed E-state index contributed by atoms with van der Waals surface area (Å²) in [6.07, 6.45) is 5.16. The average molecular weight is 449 g/mol. The van der Waals surface area contributed by atoms with E-state index >= 15 is 0 Å². The first-order valence-corrected chi connectivity index (χ1v) is 12.4. The van der Waals surface area contributed by atoms with Crippen molar-refractivity contribution in [3.63, 3.8) is 0 Å². The predicted molar refractivity (Wildman–Crippen MR) is 113 cm³/mol. The molecule has 1 saturated heterocycles. The van der Waals surface area contributed by atoms with Crippen LogP contribution >= 0.6 is 0 Å². The molecule has 0 unspecified atom stereocenters. The maximum atomic E-state index is 12.6. The first-order valence-electron chi connectivity index (χ1n) is 10.5. The van der Waals surface area contributed by atoms with Gasteiger partial charge in [0.05, 0.1) is 25.8 Å². The molecule has 0 bridgehead atoms. The Labute approximate surface area is 182 Å². The lowest BCUT2D eigenvalue weighted by Gasteiger charge is -2.44. The van der Waals surface area contributed by atoms with Gasteiger partial charge in [-0.25, -0.2) is 8.42 Å². The third kappa shape index (κ3) is 5.07. The molecule has 2 aromatic rings. The fourth-order valence-corrected chi connectivity index (χ4v) is 5.03. The summed E-state index contributed by atoms with van der Waals surface area (Å²) in [6.45, 7) is 1.04. The number of hydrogen-bond acceptors (Lipinski definition) is 7. The number of methoxy groups -OCH3 is 1. The highest BCUT2D eigenvalue weighted by Crippen LogP contribution is 2.35. The number of nitrogens with zero attached hydrogens (tertiary/aromatic N) is 4.